The lowest BCUT2D eigenvalue weighted by Crippen LogP contribution is -2.55. The Morgan fingerprint density at radius 1 is 1.00 bits per heavy atom. The van der Waals surface area contributed by atoms with E-state index in [2.05, 4.69) is 5.32 Å². The van der Waals surface area contributed by atoms with E-state index >= 15 is 0 Å². The molecule has 0 radical (unpaired) electrons. The number of nitrogens with one attached hydrogen (secondary N) is 1. The van der Waals surface area contributed by atoms with Gasteiger partial charge < -0.3 is 10.1 Å². The Kier molecular flexibility index (Phi) is 6.41. The quantitative estimate of drug-likeness (QED) is 0.570. The molecule has 0 fully saturated rings. The molecule has 1 heterocycles. The van der Waals surface area contributed by atoms with Gasteiger partial charge in [0.2, 0.25) is 0 Å². The maximum Gasteiger partial charge on any atom is 0.264 e. The minimum Gasteiger partial charge on any atom is -0.476 e. The van der Waals surface area contributed by atoms with Crippen molar-refractivity contribution in [3.63, 3.8) is 0 Å². The molecule has 6 nitrogen and oxygen atoms in total. The zero-order valence-corrected chi connectivity index (χ0v) is 20.7. The number of rotatable bonds is 6. The lowest BCUT2D eigenvalue weighted by Gasteiger charge is -2.36. The van der Waals surface area contributed by atoms with Crippen molar-refractivity contribution in [2.45, 2.75) is 50.7 Å². The minimum absolute atomic E-state index is 0.111. The number of nitrogens with zero attached hydrogens (tertiary/aromatic N) is 1. The maximum atomic E-state index is 13.6. The first-order chi connectivity index (χ1) is 16.0. The first-order valence-corrected chi connectivity index (χ1v) is 12.7. The van der Waals surface area contributed by atoms with Crippen LogP contribution < -0.4 is 14.4 Å². The molecule has 0 aromatic heterocycles. The Bertz CT molecular complexity index is 1290. The Morgan fingerprint density at radius 3 is 2.32 bits per heavy atom. The van der Waals surface area contributed by atoms with E-state index in [1.165, 1.54) is 4.31 Å². The SMILES string of the molecule is Cc1ccc(S(=O)(=O)N2CC(C(=O)NC(C)(C)Cc3ccccc3)Oc3ccc(C)cc32)cc1. The van der Waals surface area contributed by atoms with Gasteiger partial charge in [-0.1, -0.05) is 54.1 Å². The average Bonchev–Trinajstić information content (AvgIpc) is 2.78. The number of hydrogen-bond acceptors (Lipinski definition) is 4. The van der Waals surface area contributed by atoms with E-state index in [0.29, 0.717) is 17.9 Å². The van der Waals surface area contributed by atoms with Crippen LogP contribution in [-0.4, -0.2) is 32.5 Å². The van der Waals surface area contributed by atoms with Crippen LogP contribution in [0.4, 0.5) is 5.69 Å². The van der Waals surface area contributed by atoms with Gasteiger partial charge in [-0.2, -0.15) is 0 Å². The smallest absolute Gasteiger partial charge is 0.264 e. The molecule has 3 aromatic carbocycles. The third-order valence-electron chi connectivity index (χ3n) is 5.84. The lowest BCUT2D eigenvalue weighted by atomic mass is 9.94. The predicted molar refractivity (Wildman–Crippen MR) is 134 cm³/mol. The van der Waals surface area contributed by atoms with Crippen LogP contribution in [0.25, 0.3) is 0 Å². The number of aryl methyl sites for hydroxylation is 2. The number of benzene rings is 3. The highest BCUT2D eigenvalue weighted by molar-refractivity contribution is 7.92. The number of sulfonamides is 1. The van der Waals surface area contributed by atoms with Crippen LogP contribution in [0.2, 0.25) is 0 Å². The predicted octanol–water partition coefficient (Wildman–Crippen LogP) is 4.40. The number of amides is 1. The molecule has 1 aliphatic rings. The van der Waals surface area contributed by atoms with Gasteiger partial charge in [0.05, 0.1) is 17.1 Å². The van der Waals surface area contributed by atoms with Crippen molar-refractivity contribution in [2.24, 2.45) is 0 Å². The molecule has 0 aliphatic carbocycles. The summed E-state index contributed by atoms with van der Waals surface area (Å²) < 4.78 is 34.5. The van der Waals surface area contributed by atoms with Crippen LogP contribution in [0.5, 0.6) is 5.75 Å². The van der Waals surface area contributed by atoms with E-state index in [1.807, 2.05) is 64.1 Å². The van der Waals surface area contributed by atoms with Crippen molar-refractivity contribution in [1.82, 2.24) is 5.32 Å². The number of anilines is 1. The molecule has 1 N–H and O–H groups in total. The summed E-state index contributed by atoms with van der Waals surface area (Å²) in [6, 6.07) is 21.9. The lowest BCUT2D eigenvalue weighted by molar-refractivity contribution is -0.129. The highest BCUT2D eigenvalue weighted by Crippen LogP contribution is 2.38. The second-order valence-electron chi connectivity index (χ2n) is 9.46. The third-order valence-corrected chi connectivity index (χ3v) is 7.63. The topological polar surface area (TPSA) is 75.7 Å². The van der Waals surface area contributed by atoms with E-state index < -0.39 is 21.7 Å². The highest BCUT2D eigenvalue weighted by atomic mass is 32.2. The van der Waals surface area contributed by atoms with Crippen LogP contribution in [0, 0.1) is 13.8 Å². The van der Waals surface area contributed by atoms with Crippen LogP contribution in [0.1, 0.15) is 30.5 Å². The molecule has 3 aromatic rings. The second-order valence-corrected chi connectivity index (χ2v) is 11.3. The zero-order valence-electron chi connectivity index (χ0n) is 19.9. The first kappa shape index (κ1) is 23.8. The van der Waals surface area contributed by atoms with Crippen molar-refractivity contribution in [3.05, 3.63) is 89.5 Å². The molecule has 1 amide bonds. The number of ether oxygens (including phenoxy) is 1. The molecule has 0 bridgehead atoms. The molecule has 1 aliphatic heterocycles. The van der Waals surface area contributed by atoms with Crippen LogP contribution in [0.15, 0.2) is 77.7 Å². The highest BCUT2D eigenvalue weighted by Gasteiger charge is 2.39. The van der Waals surface area contributed by atoms with Crippen LogP contribution in [0.3, 0.4) is 0 Å². The number of hydrogen-bond donors (Lipinski definition) is 1. The number of fused-ring (bicyclic) bond motifs is 1. The van der Waals surface area contributed by atoms with E-state index in [4.69, 9.17) is 4.74 Å². The first-order valence-electron chi connectivity index (χ1n) is 11.3. The fourth-order valence-corrected chi connectivity index (χ4v) is 5.60. The van der Waals surface area contributed by atoms with Crippen LogP contribution >= 0.6 is 0 Å². The molecular weight excluding hydrogens is 448 g/mol. The molecule has 0 saturated carbocycles. The van der Waals surface area contributed by atoms with Gasteiger partial charge in [0, 0.05) is 5.54 Å². The fraction of sp³-hybridized carbons (Fsp3) is 0.296. The molecule has 0 saturated heterocycles. The van der Waals surface area contributed by atoms with Crippen molar-refractivity contribution >= 4 is 21.6 Å². The molecule has 1 atom stereocenters. The van der Waals surface area contributed by atoms with Crippen molar-refractivity contribution in [1.29, 1.82) is 0 Å². The molecule has 7 heteroatoms. The summed E-state index contributed by atoms with van der Waals surface area (Å²) in [5.74, 6) is 0.0183. The minimum atomic E-state index is -3.89. The van der Waals surface area contributed by atoms with Crippen molar-refractivity contribution < 1.29 is 17.9 Å². The summed E-state index contributed by atoms with van der Waals surface area (Å²) in [5, 5.41) is 3.05. The van der Waals surface area contributed by atoms with Crippen molar-refractivity contribution in [3.8, 4) is 5.75 Å². The Hall–Kier alpha value is -3.32. The summed E-state index contributed by atoms with van der Waals surface area (Å²) in [5.41, 5.74) is 2.86. The molecular formula is C27H30N2O4S. The maximum absolute atomic E-state index is 13.6. The third kappa shape index (κ3) is 5.09. The van der Waals surface area contributed by atoms with Gasteiger partial charge in [-0.05, 0) is 69.5 Å². The molecule has 0 spiro atoms. The Balaban J connectivity index is 1.62. The van der Waals surface area contributed by atoms with Gasteiger partial charge in [0.25, 0.3) is 15.9 Å². The monoisotopic (exact) mass is 478 g/mol. The molecule has 34 heavy (non-hydrogen) atoms. The average molecular weight is 479 g/mol. The van der Waals surface area contributed by atoms with Gasteiger partial charge in [-0.3, -0.25) is 9.10 Å². The van der Waals surface area contributed by atoms with Gasteiger partial charge in [-0.25, -0.2) is 8.42 Å². The summed E-state index contributed by atoms with van der Waals surface area (Å²) in [7, 11) is -3.89. The normalized spacial score (nSPS) is 15.9. The summed E-state index contributed by atoms with van der Waals surface area (Å²) in [4.78, 5) is 13.5. The standard InChI is InChI=1S/C27H30N2O4S/c1-19-10-13-22(14-11-19)34(31,32)29-18-25(33-24-15-12-20(2)16-23(24)29)26(30)28-27(3,4)17-21-8-6-5-7-9-21/h5-16,25H,17-18H2,1-4H3,(H,28,30). The Morgan fingerprint density at radius 2 is 1.65 bits per heavy atom. The number of carbonyl (C=O) groups is 1. The van der Waals surface area contributed by atoms with E-state index in [1.54, 1.807) is 36.4 Å². The van der Waals surface area contributed by atoms with Crippen molar-refractivity contribution in [2.75, 3.05) is 10.8 Å². The Labute approximate surface area is 201 Å². The van der Waals surface area contributed by atoms with Gasteiger partial charge in [0.1, 0.15) is 5.75 Å². The van der Waals surface area contributed by atoms with E-state index in [9.17, 15) is 13.2 Å². The van der Waals surface area contributed by atoms with E-state index in [0.717, 1.165) is 16.7 Å². The summed E-state index contributed by atoms with van der Waals surface area (Å²) >= 11 is 0. The number of carbonyl (C=O) groups excluding carboxylic acids is 1. The van der Waals surface area contributed by atoms with E-state index in [-0.39, 0.29) is 17.3 Å². The largest absolute Gasteiger partial charge is 0.476 e. The summed E-state index contributed by atoms with van der Waals surface area (Å²) in [6.07, 6.45) is -0.349. The summed E-state index contributed by atoms with van der Waals surface area (Å²) in [6.45, 7) is 7.57. The molecule has 178 valence electrons. The molecule has 1 unspecified atom stereocenters. The van der Waals surface area contributed by atoms with Gasteiger partial charge in [0.15, 0.2) is 6.10 Å². The van der Waals surface area contributed by atoms with Gasteiger partial charge >= 0.3 is 0 Å². The fourth-order valence-electron chi connectivity index (χ4n) is 4.13. The van der Waals surface area contributed by atoms with Crippen LogP contribution in [-0.2, 0) is 21.2 Å². The molecule has 4 rings (SSSR count). The van der Waals surface area contributed by atoms with Gasteiger partial charge in [-0.15, -0.1) is 0 Å². The second kappa shape index (κ2) is 9.14. The zero-order chi connectivity index (χ0) is 24.5.